The monoisotopic (exact) mass is 319 g/mol. The summed E-state index contributed by atoms with van der Waals surface area (Å²) in [5, 5.41) is 8.92. The highest BCUT2D eigenvalue weighted by Gasteiger charge is 2.14. The van der Waals surface area contributed by atoms with E-state index in [0.717, 1.165) is 12.1 Å². The van der Waals surface area contributed by atoms with Gasteiger partial charge in [-0.05, 0) is 42.8 Å². The van der Waals surface area contributed by atoms with Gasteiger partial charge in [0.15, 0.2) is 9.84 Å². The van der Waals surface area contributed by atoms with Gasteiger partial charge in [-0.25, -0.2) is 12.8 Å². The SMILES string of the molecule is N#Cc1ccccc1OCCCS(=O)(=O)c1ccc(F)cc1. The van der Waals surface area contributed by atoms with Crippen LogP contribution in [0.25, 0.3) is 0 Å². The molecule has 0 bridgehead atoms. The van der Waals surface area contributed by atoms with Crippen molar-refractivity contribution in [3.8, 4) is 11.8 Å². The summed E-state index contributed by atoms with van der Waals surface area (Å²) in [5.74, 6) is -0.146. The molecule has 4 nitrogen and oxygen atoms in total. The van der Waals surface area contributed by atoms with Crippen molar-refractivity contribution >= 4 is 9.84 Å². The number of ether oxygens (including phenoxy) is 1. The first-order valence-corrected chi connectivity index (χ1v) is 8.28. The fourth-order valence-electron chi connectivity index (χ4n) is 1.88. The summed E-state index contributed by atoms with van der Waals surface area (Å²) in [6.45, 7) is 0.180. The quantitative estimate of drug-likeness (QED) is 0.606. The molecule has 0 fully saturated rings. The van der Waals surface area contributed by atoms with Crippen LogP contribution in [-0.2, 0) is 9.84 Å². The highest BCUT2D eigenvalue weighted by molar-refractivity contribution is 7.91. The minimum absolute atomic E-state index is 0.0892. The van der Waals surface area contributed by atoms with Crippen LogP contribution in [0.3, 0.4) is 0 Å². The Kier molecular flexibility index (Phi) is 5.12. The first-order chi connectivity index (χ1) is 10.5. The Morgan fingerprint density at radius 1 is 1.09 bits per heavy atom. The smallest absolute Gasteiger partial charge is 0.178 e. The van der Waals surface area contributed by atoms with Crippen molar-refractivity contribution < 1.29 is 17.5 Å². The number of hydrogen-bond acceptors (Lipinski definition) is 4. The van der Waals surface area contributed by atoms with Gasteiger partial charge in [0.2, 0.25) is 0 Å². The van der Waals surface area contributed by atoms with Crippen molar-refractivity contribution in [2.24, 2.45) is 0 Å². The summed E-state index contributed by atoms with van der Waals surface area (Å²) in [7, 11) is -3.46. The normalized spacial score (nSPS) is 10.9. The molecule has 0 saturated heterocycles. The fraction of sp³-hybridized carbons (Fsp3) is 0.188. The molecule has 6 heteroatoms. The minimum atomic E-state index is -3.46. The number of halogens is 1. The molecule has 22 heavy (non-hydrogen) atoms. The molecule has 0 unspecified atom stereocenters. The van der Waals surface area contributed by atoms with E-state index in [0.29, 0.717) is 11.3 Å². The Bertz CT molecular complexity index is 780. The molecule has 0 amide bonds. The first-order valence-electron chi connectivity index (χ1n) is 6.63. The number of sulfone groups is 1. The maximum Gasteiger partial charge on any atom is 0.178 e. The zero-order valence-electron chi connectivity index (χ0n) is 11.7. The maximum absolute atomic E-state index is 12.8. The number of benzene rings is 2. The molecule has 2 aromatic rings. The van der Waals surface area contributed by atoms with E-state index in [-0.39, 0.29) is 23.7 Å². The summed E-state index contributed by atoms with van der Waals surface area (Å²) in [6, 6.07) is 13.5. The molecule has 0 aliphatic carbocycles. The van der Waals surface area contributed by atoms with Crippen LogP contribution in [0.15, 0.2) is 53.4 Å². The molecule has 0 heterocycles. The second-order valence-electron chi connectivity index (χ2n) is 4.58. The molecular weight excluding hydrogens is 305 g/mol. The zero-order valence-corrected chi connectivity index (χ0v) is 12.5. The van der Waals surface area contributed by atoms with E-state index >= 15 is 0 Å². The lowest BCUT2D eigenvalue weighted by molar-refractivity contribution is 0.317. The van der Waals surface area contributed by atoms with E-state index in [1.54, 1.807) is 24.3 Å². The molecule has 2 aromatic carbocycles. The Labute approximate surface area is 128 Å². The van der Waals surface area contributed by atoms with Gasteiger partial charge >= 0.3 is 0 Å². The summed E-state index contributed by atoms with van der Waals surface area (Å²) in [5.41, 5.74) is 0.406. The van der Waals surface area contributed by atoms with Gasteiger partial charge in [0.05, 0.1) is 22.8 Å². The first kappa shape index (κ1) is 16.0. The van der Waals surface area contributed by atoms with Gasteiger partial charge in [0, 0.05) is 0 Å². The maximum atomic E-state index is 12.8. The largest absolute Gasteiger partial charge is 0.492 e. The molecule has 0 spiro atoms. The van der Waals surface area contributed by atoms with Gasteiger partial charge in [-0.1, -0.05) is 12.1 Å². The number of rotatable bonds is 6. The molecule has 2 rings (SSSR count). The van der Waals surface area contributed by atoms with Gasteiger partial charge in [-0.2, -0.15) is 5.26 Å². The van der Waals surface area contributed by atoms with Gasteiger partial charge in [-0.3, -0.25) is 0 Å². The van der Waals surface area contributed by atoms with Gasteiger partial charge in [0.25, 0.3) is 0 Å². The summed E-state index contributed by atoms with van der Waals surface area (Å²) in [4.78, 5) is 0.0892. The molecule has 0 saturated carbocycles. The molecule has 0 aliphatic rings. The second kappa shape index (κ2) is 7.05. The molecule has 0 N–H and O–H groups in total. The number of nitriles is 1. The topological polar surface area (TPSA) is 67.2 Å². The third-order valence-corrected chi connectivity index (χ3v) is 4.81. The standard InChI is InChI=1S/C16H14FNO3S/c17-14-6-8-15(9-7-14)22(19,20)11-3-10-21-16-5-2-1-4-13(16)12-18/h1-2,4-9H,3,10-11H2. The Morgan fingerprint density at radius 2 is 1.77 bits per heavy atom. The fourth-order valence-corrected chi connectivity index (χ4v) is 3.16. The van der Waals surface area contributed by atoms with Crippen molar-refractivity contribution in [2.75, 3.05) is 12.4 Å². The van der Waals surface area contributed by atoms with Crippen LogP contribution in [0.5, 0.6) is 5.75 Å². The molecule has 114 valence electrons. The van der Waals surface area contributed by atoms with E-state index in [4.69, 9.17) is 10.00 Å². The molecule has 0 aromatic heterocycles. The van der Waals surface area contributed by atoms with Crippen molar-refractivity contribution in [1.29, 1.82) is 5.26 Å². The summed E-state index contributed by atoms with van der Waals surface area (Å²) < 4.78 is 42.3. The lowest BCUT2D eigenvalue weighted by Gasteiger charge is -2.08. The van der Waals surface area contributed by atoms with Gasteiger partial charge < -0.3 is 4.74 Å². The van der Waals surface area contributed by atoms with Gasteiger partial charge in [-0.15, -0.1) is 0 Å². The molecule has 0 atom stereocenters. The van der Waals surface area contributed by atoms with Crippen LogP contribution < -0.4 is 4.74 Å². The van der Waals surface area contributed by atoms with Crippen molar-refractivity contribution in [3.63, 3.8) is 0 Å². The minimum Gasteiger partial charge on any atom is -0.492 e. The van der Waals surface area contributed by atoms with E-state index in [9.17, 15) is 12.8 Å². The Morgan fingerprint density at radius 3 is 2.45 bits per heavy atom. The van der Waals surface area contributed by atoms with Crippen LogP contribution in [0.1, 0.15) is 12.0 Å². The van der Waals surface area contributed by atoms with Gasteiger partial charge in [0.1, 0.15) is 17.6 Å². The van der Waals surface area contributed by atoms with E-state index in [1.807, 2.05) is 6.07 Å². The zero-order chi connectivity index (χ0) is 16.0. The number of para-hydroxylation sites is 1. The summed E-state index contributed by atoms with van der Waals surface area (Å²) in [6.07, 6.45) is 0.277. The third kappa shape index (κ3) is 4.06. The molecule has 0 aliphatic heterocycles. The van der Waals surface area contributed by atoms with Crippen molar-refractivity contribution in [3.05, 3.63) is 59.9 Å². The van der Waals surface area contributed by atoms with Crippen LogP contribution in [0.4, 0.5) is 4.39 Å². The van der Waals surface area contributed by atoms with E-state index in [2.05, 4.69) is 0 Å². The Balaban J connectivity index is 1.91. The number of hydrogen-bond donors (Lipinski definition) is 0. The van der Waals surface area contributed by atoms with Crippen molar-refractivity contribution in [2.45, 2.75) is 11.3 Å². The predicted molar refractivity (Wildman–Crippen MR) is 79.7 cm³/mol. The highest BCUT2D eigenvalue weighted by atomic mass is 32.2. The third-order valence-electron chi connectivity index (χ3n) is 3.00. The second-order valence-corrected chi connectivity index (χ2v) is 6.69. The van der Waals surface area contributed by atoms with Crippen LogP contribution in [0.2, 0.25) is 0 Å². The Hall–Kier alpha value is -2.39. The van der Waals surface area contributed by atoms with E-state index in [1.165, 1.54) is 12.1 Å². The van der Waals surface area contributed by atoms with Crippen LogP contribution in [0, 0.1) is 17.1 Å². The van der Waals surface area contributed by atoms with Crippen molar-refractivity contribution in [1.82, 2.24) is 0 Å². The lowest BCUT2D eigenvalue weighted by atomic mass is 10.2. The van der Waals surface area contributed by atoms with Crippen LogP contribution in [-0.4, -0.2) is 20.8 Å². The highest BCUT2D eigenvalue weighted by Crippen LogP contribution is 2.17. The average Bonchev–Trinajstić information content (AvgIpc) is 2.52. The molecule has 0 radical (unpaired) electrons. The number of nitrogens with zero attached hydrogens (tertiary/aromatic N) is 1. The lowest BCUT2D eigenvalue weighted by Crippen LogP contribution is -2.10. The van der Waals surface area contributed by atoms with Crippen LogP contribution >= 0.6 is 0 Å². The molecular formula is C16H14FNO3S. The van der Waals surface area contributed by atoms with E-state index < -0.39 is 15.7 Å². The predicted octanol–water partition coefficient (Wildman–Crippen LogP) is 2.94. The summed E-state index contributed by atoms with van der Waals surface area (Å²) >= 11 is 0. The average molecular weight is 319 g/mol.